The summed E-state index contributed by atoms with van der Waals surface area (Å²) in [4.78, 5) is 0. The van der Waals surface area contributed by atoms with Crippen molar-refractivity contribution in [1.29, 1.82) is 0 Å². The third kappa shape index (κ3) is 5.63. The maximum absolute atomic E-state index is 4.69. The molecule has 2 aromatic carbocycles. The number of hydrogen-bond acceptors (Lipinski definition) is 2. The zero-order chi connectivity index (χ0) is 27.5. The number of rotatable bonds is 8. The Balaban J connectivity index is 2.09. The Morgan fingerprint density at radius 1 is 0.838 bits per heavy atom. The smallest absolute Gasteiger partial charge is 0.146 e. The van der Waals surface area contributed by atoms with Crippen LogP contribution in [0.5, 0.6) is 0 Å². The van der Waals surface area contributed by atoms with Crippen molar-refractivity contribution in [2.24, 2.45) is 0 Å². The van der Waals surface area contributed by atoms with Crippen molar-refractivity contribution in [1.82, 2.24) is 15.0 Å². The molecular weight excluding hydrogens is 466 g/mol. The molecule has 0 aliphatic carbocycles. The van der Waals surface area contributed by atoms with Crippen LogP contribution in [-0.4, -0.2) is 23.1 Å². The first kappa shape index (κ1) is 28.9. The predicted octanol–water partition coefficient (Wildman–Crippen LogP) is 9.06. The first-order valence-corrected chi connectivity index (χ1v) is 16.4. The van der Waals surface area contributed by atoms with Crippen LogP contribution in [-0.2, 0) is 12.8 Å². The van der Waals surface area contributed by atoms with Gasteiger partial charge >= 0.3 is 0 Å². The van der Waals surface area contributed by atoms with E-state index in [1.165, 1.54) is 16.7 Å². The molecule has 37 heavy (non-hydrogen) atoms. The van der Waals surface area contributed by atoms with Gasteiger partial charge in [-0.3, -0.25) is 0 Å². The van der Waals surface area contributed by atoms with Crippen LogP contribution in [0.4, 0.5) is 0 Å². The molecule has 0 aliphatic rings. The van der Waals surface area contributed by atoms with Gasteiger partial charge in [-0.15, -0.1) is 10.6 Å². The van der Waals surface area contributed by atoms with E-state index in [-0.39, 0.29) is 0 Å². The van der Waals surface area contributed by atoms with E-state index < -0.39 is 8.07 Å². The number of benzene rings is 2. The van der Waals surface area contributed by atoms with Gasteiger partial charge in [0.15, 0.2) is 0 Å². The first-order chi connectivity index (χ1) is 17.5. The number of aryl methyl sites for hydroxylation is 2. The predicted molar refractivity (Wildman–Crippen MR) is 162 cm³/mol. The quantitative estimate of drug-likeness (QED) is 0.222. The lowest BCUT2D eigenvalue weighted by Crippen LogP contribution is -2.43. The Kier molecular flexibility index (Phi) is 9.24. The summed E-state index contributed by atoms with van der Waals surface area (Å²) in [6.07, 6.45) is 1.81. The van der Waals surface area contributed by atoms with Crippen LogP contribution in [0, 0.1) is 18.4 Å². The first-order valence-electron chi connectivity index (χ1n) is 14.2. The summed E-state index contributed by atoms with van der Waals surface area (Å²) in [7, 11) is -1.78. The summed E-state index contributed by atoms with van der Waals surface area (Å²) in [6, 6.07) is 13.4. The maximum atomic E-state index is 4.69. The highest BCUT2D eigenvalue weighted by molar-refractivity contribution is 6.90. The number of nitrogens with zero attached hydrogens (tertiary/aromatic N) is 3. The summed E-state index contributed by atoms with van der Waals surface area (Å²) < 4.78 is 2.05. The van der Waals surface area contributed by atoms with Crippen molar-refractivity contribution in [2.75, 3.05) is 0 Å². The minimum atomic E-state index is -1.78. The van der Waals surface area contributed by atoms with Crippen molar-refractivity contribution in [3.8, 4) is 28.4 Å². The van der Waals surface area contributed by atoms with Crippen LogP contribution in [0.1, 0.15) is 103 Å². The average molecular weight is 514 g/mol. The molecule has 0 N–H and O–H groups in total. The van der Waals surface area contributed by atoms with Gasteiger partial charge in [-0.05, 0) is 77.2 Å². The molecule has 3 aromatic rings. The van der Waals surface area contributed by atoms with Crippen LogP contribution in [0.3, 0.4) is 0 Å². The highest BCUT2D eigenvalue weighted by atomic mass is 28.3. The summed E-state index contributed by atoms with van der Waals surface area (Å²) in [6.45, 7) is 25.3. The van der Waals surface area contributed by atoms with Crippen molar-refractivity contribution in [3.05, 3.63) is 64.3 Å². The second-order valence-electron chi connectivity index (χ2n) is 11.7. The van der Waals surface area contributed by atoms with Crippen molar-refractivity contribution in [3.63, 3.8) is 0 Å². The molecule has 3 rings (SSSR count). The number of aromatic nitrogens is 3. The van der Waals surface area contributed by atoms with Gasteiger partial charge in [0.1, 0.15) is 13.8 Å². The third-order valence-electron chi connectivity index (χ3n) is 8.27. The molecule has 0 spiro atoms. The Labute approximate surface area is 227 Å². The van der Waals surface area contributed by atoms with E-state index in [9.17, 15) is 0 Å². The molecule has 0 atom stereocenters. The van der Waals surface area contributed by atoms with E-state index in [0.717, 1.165) is 41.0 Å². The summed E-state index contributed by atoms with van der Waals surface area (Å²) >= 11 is 0. The Bertz CT molecular complexity index is 1260. The van der Waals surface area contributed by atoms with Gasteiger partial charge in [0, 0.05) is 11.1 Å². The lowest BCUT2D eigenvalue weighted by Gasteiger charge is -2.38. The molecule has 0 aliphatic heterocycles. The minimum absolute atomic E-state index is 0.470. The zero-order valence-corrected chi connectivity index (χ0v) is 26.0. The van der Waals surface area contributed by atoms with Crippen LogP contribution in [0.15, 0.2) is 36.4 Å². The van der Waals surface area contributed by atoms with E-state index in [1.807, 2.05) is 4.68 Å². The highest BCUT2D eigenvalue weighted by Gasteiger charge is 2.41. The van der Waals surface area contributed by atoms with Gasteiger partial charge in [0.05, 0.1) is 11.4 Å². The fraction of sp³-hybridized carbons (Fsp3) is 0.515. The second kappa shape index (κ2) is 11.8. The monoisotopic (exact) mass is 513 g/mol. The highest BCUT2D eigenvalue weighted by Crippen LogP contribution is 2.41. The third-order valence-corrected chi connectivity index (χ3v) is 14.6. The van der Waals surface area contributed by atoms with E-state index in [4.69, 9.17) is 5.10 Å². The summed E-state index contributed by atoms with van der Waals surface area (Å²) in [5, 5.41) is 9.34. The van der Waals surface area contributed by atoms with Gasteiger partial charge in [0.25, 0.3) is 0 Å². The van der Waals surface area contributed by atoms with Crippen LogP contribution in [0.2, 0.25) is 16.6 Å². The van der Waals surface area contributed by atoms with Gasteiger partial charge in [-0.1, -0.05) is 98.6 Å². The van der Waals surface area contributed by atoms with Crippen LogP contribution in [0.25, 0.3) is 16.9 Å². The molecule has 0 amide bonds. The molecule has 4 heteroatoms. The van der Waals surface area contributed by atoms with E-state index in [0.29, 0.717) is 22.5 Å². The Morgan fingerprint density at radius 2 is 1.49 bits per heavy atom. The Morgan fingerprint density at radius 3 is 2.03 bits per heavy atom. The van der Waals surface area contributed by atoms with Gasteiger partial charge in [0.2, 0.25) is 0 Å². The van der Waals surface area contributed by atoms with Crippen molar-refractivity contribution in [2.45, 2.75) is 112 Å². The lowest BCUT2D eigenvalue weighted by atomic mass is 9.99. The molecule has 3 nitrogen and oxygen atoms in total. The molecule has 0 unspecified atom stereocenters. The van der Waals surface area contributed by atoms with E-state index in [1.54, 1.807) is 0 Å². The molecule has 1 aromatic heterocycles. The van der Waals surface area contributed by atoms with E-state index in [2.05, 4.69) is 129 Å². The molecule has 0 bridgehead atoms. The molecule has 0 saturated heterocycles. The molecule has 0 saturated carbocycles. The fourth-order valence-corrected chi connectivity index (χ4v) is 11.2. The van der Waals surface area contributed by atoms with E-state index >= 15 is 0 Å². The summed E-state index contributed by atoms with van der Waals surface area (Å²) in [5.41, 5.74) is 15.2. The lowest BCUT2D eigenvalue weighted by molar-refractivity contribution is 0.758. The SMILES string of the molecule is CCc1cc(-c2nnn(-c3cc(C(C)C)ccc3C)c2CC)ccc1C#C[Si](C(C)C)(C(C)C)C(C)C. The molecule has 0 radical (unpaired) electrons. The average Bonchev–Trinajstić information content (AvgIpc) is 3.27. The van der Waals surface area contributed by atoms with Crippen LogP contribution >= 0.6 is 0 Å². The maximum Gasteiger partial charge on any atom is 0.146 e. The largest absolute Gasteiger partial charge is 0.217 e. The van der Waals surface area contributed by atoms with Crippen molar-refractivity contribution >= 4 is 8.07 Å². The second-order valence-corrected chi connectivity index (χ2v) is 17.3. The van der Waals surface area contributed by atoms with Gasteiger partial charge < -0.3 is 0 Å². The Hall–Kier alpha value is -2.64. The van der Waals surface area contributed by atoms with Crippen molar-refractivity contribution < 1.29 is 0 Å². The number of hydrogen-bond donors (Lipinski definition) is 0. The fourth-order valence-electron chi connectivity index (χ4n) is 6.01. The normalized spacial score (nSPS) is 12.1. The standard InChI is InChI=1S/C33H47N3Si/c1-12-27-20-30(17-16-28(27)18-19-37(23(5)6,24(7)8)25(9)10)33-31(13-2)36(35-34-33)32-21-29(22(3)4)15-14-26(32)11/h14-17,20-25H,12-13H2,1-11H3. The van der Waals surface area contributed by atoms with Gasteiger partial charge in [-0.25, -0.2) is 4.68 Å². The molecule has 0 fully saturated rings. The van der Waals surface area contributed by atoms with Gasteiger partial charge in [-0.2, -0.15) is 0 Å². The molecule has 198 valence electrons. The zero-order valence-electron chi connectivity index (χ0n) is 25.0. The molecule has 1 heterocycles. The van der Waals surface area contributed by atoms with Crippen LogP contribution < -0.4 is 0 Å². The summed E-state index contributed by atoms with van der Waals surface area (Å²) in [5.74, 6) is 4.15. The topological polar surface area (TPSA) is 30.7 Å². The molecular formula is C33H47N3Si. The minimum Gasteiger partial charge on any atom is -0.217 e.